The highest BCUT2D eigenvalue weighted by molar-refractivity contribution is 5.85. The fourth-order valence-electron chi connectivity index (χ4n) is 0.752. The van der Waals surface area contributed by atoms with Crippen molar-refractivity contribution in [2.75, 3.05) is 13.2 Å². The molecule has 0 aromatic rings. The van der Waals surface area contributed by atoms with Gasteiger partial charge in [0.2, 0.25) is 5.91 Å². The Hall–Kier alpha value is -0.870. The molecule has 4 heteroatoms. The van der Waals surface area contributed by atoms with Gasteiger partial charge in [0, 0.05) is 12.6 Å². The average Bonchev–Trinajstić information content (AvgIpc) is 2.34. The van der Waals surface area contributed by atoms with E-state index in [0.29, 0.717) is 6.61 Å². The van der Waals surface area contributed by atoms with Gasteiger partial charge in [-0.25, -0.2) is 0 Å². The molecule has 1 saturated heterocycles. The van der Waals surface area contributed by atoms with Crippen LogP contribution in [0.1, 0.15) is 0 Å². The van der Waals surface area contributed by atoms with E-state index in [-0.39, 0.29) is 6.23 Å². The van der Waals surface area contributed by atoms with Gasteiger partial charge in [0.15, 0.2) is 0 Å². The van der Waals surface area contributed by atoms with Gasteiger partial charge in [-0.2, -0.15) is 0 Å². The van der Waals surface area contributed by atoms with Gasteiger partial charge < -0.3 is 10.5 Å². The number of carbonyl (C=O) groups is 1. The third-order valence-corrected chi connectivity index (χ3v) is 1.18. The van der Waals surface area contributed by atoms with Crippen molar-refractivity contribution < 1.29 is 9.53 Å². The monoisotopic (exact) mass is 142 g/mol. The van der Waals surface area contributed by atoms with Crippen molar-refractivity contribution in [3.05, 3.63) is 12.2 Å². The third-order valence-electron chi connectivity index (χ3n) is 1.18. The second kappa shape index (κ2) is 3.34. The van der Waals surface area contributed by atoms with Crippen LogP contribution in [0.5, 0.6) is 0 Å². The van der Waals surface area contributed by atoms with Crippen molar-refractivity contribution in [2.24, 2.45) is 5.73 Å². The van der Waals surface area contributed by atoms with Gasteiger partial charge in [-0.05, 0) is 6.08 Å². The minimum Gasteiger partial charge on any atom is -0.366 e. The number of amides is 1. The molecule has 1 unspecified atom stereocenters. The highest BCUT2D eigenvalue weighted by atomic mass is 16.5. The first-order valence-corrected chi connectivity index (χ1v) is 3.11. The maximum atomic E-state index is 10.2. The summed E-state index contributed by atoms with van der Waals surface area (Å²) < 4.78 is 5.10. The van der Waals surface area contributed by atoms with Crippen LogP contribution in [0, 0.1) is 0 Å². The molecule has 0 spiro atoms. The first kappa shape index (κ1) is 7.24. The summed E-state index contributed by atoms with van der Waals surface area (Å²) in [5.41, 5.74) is 4.86. The highest BCUT2D eigenvalue weighted by Crippen LogP contribution is 1.95. The van der Waals surface area contributed by atoms with E-state index in [1.54, 1.807) is 6.08 Å². The molecule has 3 N–H and O–H groups in total. The summed E-state index contributed by atoms with van der Waals surface area (Å²) in [7, 11) is 0. The first-order valence-electron chi connectivity index (χ1n) is 3.11. The normalized spacial score (nSPS) is 25.8. The number of ether oxygens (including phenoxy) is 1. The Balaban J connectivity index is 2.29. The average molecular weight is 142 g/mol. The number of nitrogens with two attached hydrogens (primary N) is 1. The molecule has 1 aliphatic heterocycles. The van der Waals surface area contributed by atoms with Crippen molar-refractivity contribution in [3.63, 3.8) is 0 Å². The second-order valence-corrected chi connectivity index (χ2v) is 2.01. The Bertz CT molecular complexity index is 150. The minimum absolute atomic E-state index is 0.132. The summed E-state index contributed by atoms with van der Waals surface area (Å²) in [6.07, 6.45) is 2.77. The smallest absolute Gasteiger partial charge is 0.241 e. The predicted molar refractivity (Wildman–Crippen MR) is 36.1 cm³/mol. The van der Waals surface area contributed by atoms with Crippen molar-refractivity contribution in [1.82, 2.24) is 5.32 Å². The summed E-state index contributed by atoms with van der Waals surface area (Å²) >= 11 is 0. The van der Waals surface area contributed by atoms with Crippen LogP contribution < -0.4 is 11.1 Å². The largest absolute Gasteiger partial charge is 0.366 e. The Labute approximate surface area is 59.0 Å². The zero-order valence-electron chi connectivity index (χ0n) is 5.54. The second-order valence-electron chi connectivity index (χ2n) is 2.01. The number of hydrogen-bond acceptors (Lipinski definition) is 3. The van der Waals surface area contributed by atoms with Crippen LogP contribution in [0.4, 0.5) is 0 Å². The van der Waals surface area contributed by atoms with E-state index in [0.717, 1.165) is 6.54 Å². The molecule has 1 rings (SSSR count). The Morgan fingerprint density at radius 1 is 1.80 bits per heavy atom. The molecule has 1 atom stereocenters. The molecule has 1 amide bonds. The number of nitrogens with one attached hydrogen (secondary N) is 1. The Morgan fingerprint density at radius 2 is 2.60 bits per heavy atom. The first-order chi connectivity index (χ1) is 4.79. The van der Waals surface area contributed by atoms with E-state index in [9.17, 15) is 4.79 Å². The number of hydrogen-bond donors (Lipinski definition) is 2. The number of primary amides is 1. The lowest BCUT2D eigenvalue weighted by atomic mass is 10.4. The summed E-state index contributed by atoms with van der Waals surface area (Å²) in [6, 6.07) is 0. The molecule has 0 saturated carbocycles. The van der Waals surface area contributed by atoms with Gasteiger partial charge in [-0.1, -0.05) is 0 Å². The van der Waals surface area contributed by atoms with Crippen LogP contribution >= 0.6 is 0 Å². The maximum Gasteiger partial charge on any atom is 0.241 e. The van der Waals surface area contributed by atoms with Gasteiger partial charge in [0.1, 0.15) is 6.23 Å². The van der Waals surface area contributed by atoms with Gasteiger partial charge >= 0.3 is 0 Å². The Kier molecular flexibility index (Phi) is 2.42. The van der Waals surface area contributed by atoms with Crippen molar-refractivity contribution >= 4 is 5.91 Å². The summed E-state index contributed by atoms with van der Waals surface area (Å²) in [4.78, 5) is 10.2. The molecule has 0 aliphatic carbocycles. The highest BCUT2D eigenvalue weighted by Gasteiger charge is 2.09. The molecule has 0 aromatic carbocycles. The van der Waals surface area contributed by atoms with E-state index in [4.69, 9.17) is 10.5 Å². The third kappa shape index (κ3) is 2.16. The summed E-state index contributed by atoms with van der Waals surface area (Å²) in [5.74, 6) is -0.447. The zero-order chi connectivity index (χ0) is 7.40. The molecule has 1 heterocycles. The van der Waals surface area contributed by atoms with E-state index in [2.05, 4.69) is 5.32 Å². The molecule has 0 bridgehead atoms. The van der Waals surface area contributed by atoms with Crippen molar-refractivity contribution in [2.45, 2.75) is 6.23 Å². The van der Waals surface area contributed by atoms with Gasteiger partial charge in [-0.3, -0.25) is 10.1 Å². The van der Waals surface area contributed by atoms with Crippen LogP contribution in [0.3, 0.4) is 0 Å². The molecule has 0 aromatic heterocycles. The standard InChI is InChI=1S/C6H10N2O2/c7-5(9)1-2-6-8-3-4-10-6/h1-2,6,8H,3-4H2,(H2,7,9). The molecule has 4 nitrogen and oxygen atoms in total. The fourth-order valence-corrected chi connectivity index (χ4v) is 0.752. The van der Waals surface area contributed by atoms with Crippen LogP contribution in [0.25, 0.3) is 0 Å². The molecule has 1 aliphatic rings. The van der Waals surface area contributed by atoms with E-state index in [1.165, 1.54) is 6.08 Å². The van der Waals surface area contributed by atoms with Gasteiger partial charge in [0.25, 0.3) is 0 Å². The maximum absolute atomic E-state index is 10.2. The lowest BCUT2D eigenvalue weighted by Crippen LogP contribution is -2.20. The lowest BCUT2D eigenvalue weighted by molar-refractivity contribution is -0.113. The van der Waals surface area contributed by atoms with E-state index in [1.807, 2.05) is 0 Å². The lowest BCUT2D eigenvalue weighted by Gasteiger charge is -2.00. The van der Waals surface area contributed by atoms with E-state index < -0.39 is 5.91 Å². The topological polar surface area (TPSA) is 64.4 Å². The molecule has 1 fully saturated rings. The fraction of sp³-hybridized carbons (Fsp3) is 0.500. The van der Waals surface area contributed by atoms with Crippen LogP contribution in [-0.4, -0.2) is 25.3 Å². The SMILES string of the molecule is NC(=O)C=CC1NCCO1. The van der Waals surface area contributed by atoms with E-state index >= 15 is 0 Å². The Morgan fingerprint density at radius 3 is 3.10 bits per heavy atom. The molecular weight excluding hydrogens is 132 g/mol. The number of rotatable bonds is 2. The van der Waals surface area contributed by atoms with Crippen LogP contribution in [-0.2, 0) is 9.53 Å². The van der Waals surface area contributed by atoms with Gasteiger partial charge in [0.05, 0.1) is 6.61 Å². The quantitative estimate of drug-likeness (QED) is 0.485. The molecule has 0 radical (unpaired) electrons. The van der Waals surface area contributed by atoms with Gasteiger partial charge in [-0.15, -0.1) is 0 Å². The van der Waals surface area contributed by atoms with Crippen molar-refractivity contribution in [3.8, 4) is 0 Å². The van der Waals surface area contributed by atoms with Crippen molar-refractivity contribution in [1.29, 1.82) is 0 Å². The molecule has 10 heavy (non-hydrogen) atoms. The van der Waals surface area contributed by atoms with Crippen LogP contribution in [0.15, 0.2) is 12.2 Å². The number of carbonyl (C=O) groups excluding carboxylic acids is 1. The minimum atomic E-state index is -0.447. The molecule has 56 valence electrons. The summed E-state index contributed by atoms with van der Waals surface area (Å²) in [6.45, 7) is 1.52. The van der Waals surface area contributed by atoms with Crippen LogP contribution in [0.2, 0.25) is 0 Å². The zero-order valence-corrected chi connectivity index (χ0v) is 5.54. The molecular formula is C6H10N2O2. The summed E-state index contributed by atoms with van der Waals surface area (Å²) in [5, 5.41) is 3.00. The predicted octanol–water partition coefficient (Wildman–Crippen LogP) is -1.03.